The molecule has 2 aromatic rings. The van der Waals surface area contributed by atoms with Crippen LogP contribution in [0, 0.1) is 35.5 Å². The second-order valence-electron chi connectivity index (χ2n) is 9.15. The number of anilines is 1. The van der Waals surface area contributed by atoms with Gasteiger partial charge in [0.15, 0.2) is 5.92 Å². The van der Waals surface area contributed by atoms with Crippen LogP contribution in [0.25, 0.3) is 11.0 Å². The Morgan fingerprint density at radius 1 is 1.14 bits per heavy atom. The molecule has 182 valence electrons. The van der Waals surface area contributed by atoms with Gasteiger partial charge in [-0.15, -0.1) is 0 Å². The lowest BCUT2D eigenvalue weighted by Gasteiger charge is -2.29. The van der Waals surface area contributed by atoms with E-state index in [4.69, 9.17) is 4.42 Å². The second kappa shape index (κ2) is 11.1. The first-order chi connectivity index (χ1) is 17.0. The first kappa shape index (κ1) is 24.3. The molecule has 1 atom stereocenters. The maximum Gasteiger partial charge on any atom is 0.247 e. The smallest absolute Gasteiger partial charge is 0.247 e. The minimum Gasteiger partial charge on any atom is -0.461 e. The van der Waals surface area contributed by atoms with Crippen molar-refractivity contribution in [3.63, 3.8) is 0 Å². The number of furan rings is 1. The molecule has 2 saturated heterocycles. The van der Waals surface area contributed by atoms with Crippen LogP contribution in [0.3, 0.4) is 0 Å². The predicted molar refractivity (Wildman–Crippen MR) is 131 cm³/mol. The van der Waals surface area contributed by atoms with E-state index >= 15 is 0 Å². The van der Waals surface area contributed by atoms with Gasteiger partial charge in [0.1, 0.15) is 23.2 Å². The zero-order valence-corrected chi connectivity index (χ0v) is 20.0. The molecule has 4 rings (SSSR count). The van der Waals surface area contributed by atoms with Crippen LogP contribution < -0.4 is 5.32 Å². The van der Waals surface area contributed by atoms with E-state index in [0.717, 1.165) is 61.9 Å². The number of hydrogen-bond donors (Lipinski definition) is 1. The standard InChI is InChI=1S/C26H30N6O3/c1-18-13-19-14-21(8-9-23(19)35-18)29-25(20(15-27)16-28)30-22-7-3-2-4-12-32(26(22)34)17-24(33)31-10-5-6-11-31/h8-9,13-14,20,22H,2-7,10-12,17H2,1H3,(H,29,30). The molecule has 0 spiro atoms. The van der Waals surface area contributed by atoms with Crippen molar-refractivity contribution in [2.45, 2.75) is 51.5 Å². The third-order valence-corrected chi connectivity index (χ3v) is 6.53. The van der Waals surface area contributed by atoms with E-state index in [1.165, 1.54) is 0 Å². The Hall–Kier alpha value is -3.85. The number of nitrogens with one attached hydrogen (secondary N) is 1. The third kappa shape index (κ3) is 5.81. The molecule has 0 bridgehead atoms. The molecule has 1 aromatic heterocycles. The molecule has 0 saturated carbocycles. The largest absolute Gasteiger partial charge is 0.461 e. The Balaban J connectivity index is 1.58. The van der Waals surface area contributed by atoms with Gasteiger partial charge in [-0.2, -0.15) is 10.5 Å². The first-order valence-corrected chi connectivity index (χ1v) is 12.2. The van der Waals surface area contributed by atoms with Gasteiger partial charge in [0, 0.05) is 30.7 Å². The first-order valence-electron chi connectivity index (χ1n) is 12.2. The minimum atomic E-state index is -1.16. The number of nitriles is 2. The predicted octanol–water partition coefficient (Wildman–Crippen LogP) is 3.61. The van der Waals surface area contributed by atoms with E-state index in [-0.39, 0.29) is 24.2 Å². The molecular formula is C26H30N6O3. The van der Waals surface area contributed by atoms with Gasteiger partial charge in [0.05, 0.1) is 18.7 Å². The molecule has 9 heteroatoms. The molecule has 1 N–H and O–H groups in total. The number of amidine groups is 1. The molecule has 1 unspecified atom stereocenters. The number of carbonyl (C=O) groups is 2. The van der Waals surface area contributed by atoms with E-state index in [2.05, 4.69) is 10.3 Å². The van der Waals surface area contributed by atoms with E-state index in [1.54, 1.807) is 11.0 Å². The molecule has 9 nitrogen and oxygen atoms in total. The summed E-state index contributed by atoms with van der Waals surface area (Å²) in [6.07, 6.45) is 5.06. The summed E-state index contributed by atoms with van der Waals surface area (Å²) in [4.78, 5) is 34.2. The Morgan fingerprint density at radius 3 is 2.63 bits per heavy atom. The van der Waals surface area contributed by atoms with Gasteiger partial charge < -0.3 is 19.5 Å². The summed E-state index contributed by atoms with van der Waals surface area (Å²) in [5.41, 5.74) is 1.38. The van der Waals surface area contributed by atoms with Crippen LogP contribution in [0.1, 0.15) is 44.3 Å². The highest BCUT2D eigenvalue weighted by Gasteiger charge is 2.30. The van der Waals surface area contributed by atoms with E-state index < -0.39 is 12.0 Å². The van der Waals surface area contributed by atoms with E-state index in [1.807, 2.05) is 42.2 Å². The summed E-state index contributed by atoms with van der Waals surface area (Å²) in [6, 6.07) is 10.5. The molecule has 3 heterocycles. The number of aryl methyl sites for hydroxylation is 1. The SMILES string of the molecule is Cc1cc2cc(NC(=NC3CCCCCN(CC(=O)N4CCCC4)C3=O)C(C#N)C#N)ccc2o1. The van der Waals surface area contributed by atoms with Gasteiger partial charge in [-0.3, -0.25) is 14.6 Å². The van der Waals surface area contributed by atoms with Crippen molar-refractivity contribution in [2.24, 2.45) is 10.9 Å². The number of aliphatic imine (C=N–C) groups is 1. The fraction of sp³-hybridized carbons (Fsp3) is 0.500. The van der Waals surface area contributed by atoms with Crippen molar-refractivity contribution in [1.29, 1.82) is 10.5 Å². The van der Waals surface area contributed by atoms with Gasteiger partial charge in [-0.1, -0.05) is 12.8 Å². The highest BCUT2D eigenvalue weighted by atomic mass is 16.3. The van der Waals surface area contributed by atoms with Crippen molar-refractivity contribution in [2.75, 3.05) is 31.5 Å². The summed E-state index contributed by atoms with van der Waals surface area (Å²) in [5.74, 6) is -0.504. The number of hydrogen-bond acceptors (Lipinski definition) is 6. The highest BCUT2D eigenvalue weighted by molar-refractivity contribution is 6.03. The molecule has 2 aliphatic heterocycles. The lowest BCUT2D eigenvalue weighted by Crippen LogP contribution is -2.47. The number of nitrogens with zero attached hydrogens (tertiary/aromatic N) is 5. The molecule has 1 aromatic carbocycles. The quantitative estimate of drug-likeness (QED) is 0.521. The van der Waals surface area contributed by atoms with Crippen LogP contribution in [0.15, 0.2) is 33.7 Å². The molecule has 2 amide bonds. The van der Waals surface area contributed by atoms with E-state index in [0.29, 0.717) is 18.7 Å². The number of fused-ring (bicyclic) bond motifs is 1. The van der Waals surface area contributed by atoms with Crippen LogP contribution in [0.5, 0.6) is 0 Å². The highest BCUT2D eigenvalue weighted by Crippen LogP contribution is 2.24. The zero-order valence-electron chi connectivity index (χ0n) is 20.0. The van der Waals surface area contributed by atoms with Gasteiger partial charge >= 0.3 is 0 Å². The average molecular weight is 475 g/mol. The number of carbonyl (C=O) groups excluding carboxylic acids is 2. The van der Waals surface area contributed by atoms with Gasteiger partial charge in [-0.25, -0.2) is 0 Å². The summed E-state index contributed by atoms with van der Waals surface area (Å²) in [7, 11) is 0. The zero-order chi connectivity index (χ0) is 24.8. The number of rotatable bonds is 5. The van der Waals surface area contributed by atoms with Crippen molar-refractivity contribution < 1.29 is 14.0 Å². The lowest BCUT2D eigenvalue weighted by atomic mass is 10.0. The fourth-order valence-corrected chi connectivity index (χ4v) is 4.67. The van der Waals surface area contributed by atoms with Crippen LogP contribution in [0.2, 0.25) is 0 Å². The Morgan fingerprint density at radius 2 is 1.89 bits per heavy atom. The van der Waals surface area contributed by atoms with Crippen LogP contribution in [0.4, 0.5) is 5.69 Å². The summed E-state index contributed by atoms with van der Waals surface area (Å²) >= 11 is 0. The van der Waals surface area contributed by atoms with Gasteiger partial charge in [0.2, 0.25) is 11.8 Å². The fourth-order valence-electron chi connectivity index (χ4n) is 4.67. The van der Waals surface area contributed by atoms with E-state index in [9.17, 15) is 20.1 Å². The van der Waals surface area contributed by atoms with Crippen molar-refractivity contribution >= 4 is 34.3 Å². The minimum absolute atomic E-state index is 0.0341. The van der Waals surface area contributed by atoms with Crippen LogP contribution >= 0.6 is 0 Å². The number of likely N-dealkylation sites (tertiary alicyclic amines) is 2. The molecule has 2 fully saturated rings. The second-order valence-corrected chi connectivity index (χ2v) is 9.15. The maximum atomic E-state index is 13.5. The molecule has 0 aliphatic carbocycles. The van der Waals surface area contributed by atoms with Crippen molar-refractivity contribution in [1.82, 2.24) is 9.80 Å². The lowest BCUT2D eigenvalue weighted by molar-refractivity contribution is -0.141. The molecule has 35 heavy (non-hydrogen) atoms. The van der Waals surface area contributed by atoms with Crippen LogP contribution in [-0.4, -0.2) is 59.7 Å². The molecule has 0 radical (unpaired) electrons. The normalized spacial score (nSPS) is 19.4. The molecular weight excluding hydrogens is 444 g/mol. The van der Waals surface area contributed by atoms with Gasteiger partial charge in [-0.05, 0) is 56.9 Å². The maximum absolute atomic E-state index is 13.5. The Bertz CT molecular complexity index is 1180. The third-order valence-electron chi connectivity index (χ3n) is 6.53. The van der Waals surface area contributed by atoms with Gasteiger partial charge in [0.25, 0.3) is 0 Å². The molecule has 2 aliphatic rings. The number of benzene rings is 1. The summed E-state index contributed by atoms with van der Waals surface area (Å²) in [6.45, 7) is 3.89. The number of amides is 2. The Labute approximate surface area is 205 Å². The summed E-state index contributed by atoms with van der Waals surface area (Å²) < 4.78 is 5.62. The monoisotopic (exact) mass is 474 g/mol. The average Bonchev–Trinajstić information content (AvgIpc) is 3.50. The summed E-state index contributed by atoms with van der Waals surface area (Å²) in [5, 5.41) is 23.2. The topological polar surface area (TPSA) is 126 Å². The van der Waals surface area contributed by atoms with Crippen LogP contribution in [-0.2, 0) is 9.59 Å². The Kier molecular flexibility index (Phi) is 7.67. The van der Waals surface area contributed by atoms with Crippen molar-refractivity contribution in [3.8, 4) is 12.1 Å². The van der Waals surface area contributed by atoms with Crippen molar-refractivity contribution in [3.05, 3.63) is 30.0 Å².